The van der Waals surface area contributed by atoms with Gasteiger partial charge in [0.25, 0.3) is 0 Å². The van der Waals surface area contributed by atoms with Crippen LogP contribution in [-0.2, 0) is 9.53 Å². The molecule has 0 atom stereocenters. The number of allylic oxidation sites excluding steroid dienone is 1. The molecule has 0 unspecified atom stereocenters. The lowest BCUT2D eigenvalue weighted by Crippen LogP contribution is -1.94. The molecule has 3 nitrogen and oxygen atoms in total. The second-order valence-electron chi connectivity index (χ2n) is 3.06. The van der Waals surface area contributed by atoms with Crippen LogP contribution in [0.5, 0.6) is 0 Å². The fourth-order valence-corrected chi connectivity index (χ4v) is 1.17. The Hall–Kier alpha value is -2.03. The number of ether oxygens (including phenoxy) is 1. The fourth-order valence-electron chi connectivity index (χ4n) is 1.17. The summed E-state index contributed by atoms with van der Waals surface area (Å²) in [6.07, 6.45) is 4.50. The Kier molecular flexibility index (Phi) is 4.86. The lowest BCUT2D eigenvalue weighted by molar-refractivity contribution is -0.131. The Bertz CT molecular complexity index is 391. The molecule has 0 aliphatic rings. The third kappa shape index (κ3) is 4.46. The second-order valence-corrected chi connectivity index (χ2v) is 3.06. The number of carboxylic acids is 1. The Balaban J connectivity index is 2.76. The van der Waals surface area contributed by atoms with E-state index >= 15 is 0 Å². The van der Waals surface area contributed by atoms with Gasteiger partial charge in [-0.05, 0) is 18.6 Å². The molecule has 0 aromatic heterocycles. The minimum Gasteiger partial charge on any atom is -0.494 e. The summed E-state index contributed by atoms with van der Waals surface area (Å²) in [5, 5.41) is 8.62. The molecule has 0 bridgehead atoms. The monoisotopic (exact) mass is 218 g/mol. The zero-order chi connectivity index (χ0) is 11.8. The normalized spacial score (nSPS) is 11.7. The Morgan fingerprint density at radius 2 is 2.06 bits per heavy atom. The maximum absolute atomic E-state index is 10.5. The van der Waals surface area contributed by atoms with Gasteiger partial charge in [0, 0.05) is 0 Å². The molecule has 0 aliphatic carbocycles. The molecule has 0 saturated heterocycles. The molecule has 84 valence electrons. The summed E-state index contributed by atoms with van der Waals surface area (Å²) in [6.45, 7) is 2.25. The van der Waals surface area contributed by atoms with Crippen molar-refractivity contribution in [3.05, 3.63) is 53.8 Å². The van der Waals surface area contributed by atoms with Crippen LogP contribution in [0.1, 0.15) is 12.5 Å². The molecule has 0 aliphatic heterocycles. The van der Waals surface area contributed by atoms with Gasteiger partial charge < -0.3 is 9.84 Å². The number of aliphatic carboxylic acids is 1. The van der Waals surface area contributed by atoms with Crippen LogP contribution in [0.2, 0.25) is 0 Å². The van der Waals surface area contributed by atoms with Crippen molar-refractivity contribution in [2.24, 2.45) is 0 Å². The fraction of sp³-hybridized carbons (Fsp3) is 0.154. The molecule has 0 spiro atoms. The Morgan fingerprint density at radius 3 is 2.62 bits per heavy atom. The minimum absolute atomic E-state index is 0.346. The minimum atomic E-state index is -1.01. The second kappa shape index (κ2) is 6.45. The lowest BCUT2D eigenvalue weighted by atomic mass is 10.2. The Labute approximate surface area is 94.7 Å². The molecule has 0 amide bonds. The average molecular weight is 218 g/mol. The molecule has 1 aromatic rings. The van der Waals surface area contributed by atoms with Gasteiger partial charge in [-0.25, -0.2) is 4.79 Å². The number of benzene rings is 1. The SMILES string of the molecule is CCOC(C=Cc1ccccc1)=CC(=O)O. The molecule has 16 heavy (non-hydrogen) atoms. The number of hydrogen-bond donors (Lipinski definition) is 1. The quantitative estimate of drug-likeness (QED) is 0.469. The first-order chi connectivity index (χ1) is 7.72. The molecule has 1 N–H and O–H groups in total. The highest BCUT2D eigenvalue weighted by Crippen LogP contribution is 2.06. The van der Waals surface area contributed by atoms with Crippen molar-refractivity contribution in [2.75, 3.05) is 6.61 Å². The standard InChI is InChI=1S/C13H14O3/c1-2-16-12(10-13(14)15)9-8-11-6-4-3-5-7-11/h3-10H,2H2,1H3,(H,14,15). The van der Waals surface area contributed by atoms with Crippen molar-refractivity contribution in [2.45, 2.75) is 6.92 Å². The number of carbonyl (C=O) groups is 1. The van der Waals surface area contributed by atoms with Gasteiger partial charge in [-0.1, -0.05) is 36.4 Å². The maximum Gasteiger partial charge on any atom is 0.332 e. The number of rotatable bonds is 5. The first kappa shape index (κ1) is 12.0. The predicted octanol–water partition coefficient (Wildman–Crippen LogP) is 2.70. The van der Waals surface area contributed by atoms with Crippen LogP contribution in [0.3, 0.4) is 0 Å². The third-order valence-electron chi connectivity index (χ3n) is 1.82. The van der Waals surface area contributed by atoms with Crippen LogP contribution < -0.4 is 0 Å². The van der Waals surface area contributed by atoms with Crippen molar-refractivity contribution >= 4 is 12.0 Å². The zero-order valence-corrected chi connectivity index (χ0v) is 9.09. The van der Waals surface area contributed by atoms with Crippen molar-refractivity contribution in [1.82, 2.24) is 0 Å². The average Bonchev–Trinajstić information content (AvgIpc) is 2.27. The lowest BCUT2D eigenvalue weighted by Gasteiger charge is -2.01. The summed E-state index contributed by atoms with van der Waals surface area (Å²) in [4.78, 5) is 10.5. The van der Waals surface area contributed by atoms with Gasteiger partial charge in [0.2, 0.25) is 0 Å². The van der Waals surface area contributed by atoms with E-state index in [-0.39, 0.29) is 0 Å². The van der Waals surface area contributed by atoms with Crippen molar-refractivity contribution in [3.63, 3.8) is 0 Å². The summed E-state index contributed by atoms with van der Waals surface area (Å²) in [5.41, 5.74) is 0.999. The highest BCUT2D eigenvalue weighted by Gasteiger charge is 1.96. The molecule has 0 fully saturated rings. The van der Waals surface area contributed by atoms with Gasteiger partial charge in [-0.15, -0.1) is 0 Å². The predicted molar refractivity (Wildman–Crippen MR) is 62.8 cm³/mol. The van der Waals surface area contributed by atoms with Crippen LogP contribution in [0, 0.1) is 0 Å². The summed E-state index contributed by atoms with van der Waals surface area (Å²) in [5.74, 6) is -0.667. The van der Waals surface area contributed by atoms with E-state index in [1.807, 2.05) is 43.3 Å². The van der Waals surface area contributed by atoms with Crippen LogP contribution in [0.25, 0.3) is 6.08 Å². The molecule has 1 aromatic carbocycles. The van der Waals surface area contributed by atoms with E-state index in [0.717, 1.165) is 11.6 Å². The van der Waals surface area contributed by atoms with E-state index in [9.17, 15) is 4.79 Å². The smallest absolute Gasteiger partial charge is 0.332 e. The van der Waals surface area contributed by atoms with E-state index in [1.165, 1.54) is 0 Å². The summed E-state index contributed by atoms with van der Waals surface area (Å²) >= 11 is 0. The van der Waals surface area contributed by atoms with E-state index in [1.54, 1.807) is 6.08 Å². The van der Waals surface area contributed by atoms with Gasteiger partial charge in [0.1, 0.15) is 5.76 Å². The van der Waals surface area contributed by atoms with Gasteiger partial charge in [-0.2, -0.15) is 0 Å². The van der Waals surface area contributed by atoms with E-state index in [0.29, 0.717) is 12.4 Å². The summed E-state index contributed by atoms with van der Waals surface area (Å²) < 4.78 is 5.17. The highest BCUT2D eigenvalue weighted by atomic mass is 16.5. The largest absolute Gasteiger partial charge is 0.494 e. The van der Waals surface area contributed by atoms with Crippen molar-refractivity contribution in [3.8, 4) is 0 Å². The zero-order valence-electron chi connectivity index (χ0n) is 9.09. The van der Waals surface area contributed by atoms with Crippen LogP contribution in [0.4, 0.5) is 0 Å². The van der Waals surface area contributed by atoms with Gasteiger partial charge in [0.15, 0.2) is 0 Å². The van der Waals surface area contributed by atoms with E-state index in [2.05, 4.69) is 0 Å². The first-order valence-electron chi connectivity index (χ1n) is 5.03. The summed E-state index contributed by atoms with van der Waals surface area (Å²) in [6, 6.07) is 9.62. The van der Waals surface area contributed by atoms with Crippen LogP contribution in [0.15, 0.2) is 48.2 Å². The molecule has 1 rings (SSSR count). The van der Waals surface area contributed by atoms with Gasteiger partial charge in [-0.3, -0.25) is 0 Å². The van der Waals surface area contributed by atoms with Crippen LogP contribution >= 0.6 is 0 Å². The summed E-state index contributed by atoms with van der Waals surface area (Å²) in [7, 11) is 0. The first-order valence-corrected chi connectivity index (χ1v) is 5.03. The highest BCUT2D eigenvalue weighted by molar-refractivity contribution is 5.81. The van der Waals surface area contributed by atoms with Crippen LogP contribution in [-0.4, -0.2) is 17.7 Å². The maximum atomic E-state index is 10.5. The number of carboxylic acid groups (broad SMARTS) is 1. The number of hydrogen-bond acceptors (Lipinski definition) is 2. The molecular weight excluding hydrogens is 204 g/mol. The van der Waals surface area contributed by atoms with Crippen molar-refractivity contribution in [1.29, 1.82) is 0 Å². The topological polar surface area (TPSA) is 46.5 Å². The van der Waals surface area contributed by atoms with Gasteiger partial charge in [0.05, 0.1) is 12.7 Å². The molecule has 3 heteroatoms. The van der Waals surface area contributed by atoms with E-state index in [4.69, 9.17) is 9.84 Å². The van der Waals surface area contributed by atoms with Gasteiger partial charge >= 0.3 is 5.97 Å². The van der Waals surface area contributed by atoms with Crippen molar-refractivity contribution < 1.29 is 14.6 Å². The molecular formula is C13H14O3. The third-order valence-corrected chi connectivity index (χ3v) is 1.82. The molecule has 0 radical (unpaired) electrons. The Morgan fingerprint density at radius 1 is 1.38 bits per heavy atom. The van der Waals surface area contributed by atoms with E-state index < -0.39 is 5.97 Å². The molecule has 0 heterocycles. The molecule has 0 saturated carbocycles.